The summed E-state index contributed by atoms with van der Waals surface area (Å²) in [5.41, 5.74) is -0.103. The Bertz CT molecular complexity index is 567. The lowest BCUT2D eigenvalue weighted by Gasteiger charge is -2.17. The second kappa shape index (κ2) is 7.53. The van der Waals surface area contributed by atoms with Crippen LogP contribution in [0.15, 0.2) is 11.2 Å². The van der Waals surface area contributed by atoms with E-state index in [1.165, 1.54) is 7.05 Å². The summed E-state index contributed by atoms with van der Waals surface area (Å²) >= 11 is 0. The quantitative estimate of drug-likeness (QED) is 0.705. The van der Waals surface area contributed by atoms with Crippen LogP contribution in [0.1, 0.15) is 31.1 Å². The molecule has 9 heteroatoms. The molecule has 0 unspecified atom stereocenters. The Morgan fingerprint density at radius 3 is 2.71 bits per heavy atom. The first-order valence-electron chi connectivity index (χ1n) is 6.59. The summed E-state index contributed by atoms with van der Waals surface area (Å²) in [6, 6.07) is 0. The molecular formula is C12H21N3O5S. The van der Waals surface area contributed by atoms with E-state index < -0.39 is 16.0 Å². The largest absolute Gasteiger partial charge is 0.462 e. The van der Waals surface area contributed by atoms with Gasteiger partial charge >= 0.3 is 5.97 Å². The number of hydrogen-bond acceptors (Lipinski definition) is 6. The number of rotatable bonds is 8. The molecule has 1 aromatic rings. The molecule has 0 aliphatic rings. The molecule has 0 fully saturated rings. The molecule has 1 heterocycles. The molecule has 0 spiro atoms. The number of hydrogen-bond donors (Lipinski definition) is 1. The molecule has 0 aliphatic carbocycles. The van der Waals surface area contributed by atoms with Gasteiger partial charge in [0.15, 0.2) is 5.03 Å². The molecule has 0 aromatic carbocycles. The van der Waals surface area contributed by atoms with Crippen molar-refractivity contribution >= 4 is 16.0 Å². The molecule has 0 bridgehead atoms. The maximum absolute atomic E-state index is 12.4. The summed E-state index contributed by atoms with van der Waals surface area (Å²) in [6.07, 6.45) is 1.16. The third kappa shape index (κ3) is 4.51. The van der Waals surface area contributed by atoms with E-state index in [0.717, 1.165) is 10.5 Å². The van der Waals surface area contributed by atoms with Crippen LogP contribution in [0.3, 0.4) is 0 Å². The fraction of sp³-hybridized carbons (Fsp3) is 0.667. The Labute approximate surface area is 124 Å². The van der Waals surface area contributed by atoms with Gasteiger partial charge in [0.1, 0.15) is 5.56 Å². The highest BCUT2D eigenvalue weighted by Gasteiger charge is 2.29. The molecule has 0 amide bonds. The van der Waals surface area contributed by atoms with Crippen LogP contribution in [0.5, 0.6) is 0 Å². The molecule has 0 saturated carbocycles. The van der Waals surface area contributed by atoms with E-state index in [0.29, 0.717) is 0 Å². The van der Waals surface area contributed by atoms with E-state index >= 15 is 0 Å². The lowest BCUT2D eigenvalue weighted by Crippen LogP contribution is -2.32. The summed E-state index contributed by atoms with van der Waals surface area (Å²) in [5.74, 6) is -0.725. The first-order valence-corrected chi connectivity index (χ1v) is 8.03. The van der Waals surface area contributed by atoms with E-state index in [-0.39, 0.29) is 36.5 Å². The number of aromatic amines is 1. The average Bonchev–Trinajstić information content (AvgIpc) is 2.88. The fourth-order valence-corrected chi connectivity index (χ4v) is 2.73. The van der Waals surface area contributed by atoms with Crippen molar-refractivity contribution in [2.24, 2.45) is 0 Å². The Hall–Kier alpha value is -1.45. The van der Waals surface area contributed by atoms with Crippen LogP contribution in [0, 0.1) is 0 Å². The number of carbonyl (C=O) groups is 1. The van der Waals surface area contributed by atoms with Crippen LogP contribution in [0.25, 0.3) is 0 Å². The third-order valence-electron chi connectivity index (χ3n) is 2.63. The number of likely N-dealkylation sites (N-methyl/N-ethyl adjacent to an activating group) is 1. The number of nitrogens with zero attached hydrogens (tertiary/aromatic N) is 2. The van der Waals surface area contributed by atoms with Crippen LogP contribution < -0.4 is 0 Å². The van der Waals surface area contributed by atoms with Crippen LogP contribution in [0.2, 0.25) is 0 Å². The number of nitrogens with one attached hydrogen (secondary N) is 1. The number of H-pyrrole nitrogens is 1. The summed E-state index contributed by atoms with van der Waals surface area (Å²) in [7, 11) is -2.44. The molecular weight excluding hydrogens is 298 g/mol. The zero-order valence-electron chi connectivity index (χ0n) is 12.6. The van der Waals surface area contributed by atoms with Gasteiger partial charge in [-0.2, -0.15) is 9.40 Å². The van der Waals surface area contributed by atoms with Crippen LogP contribution in [-0.4, -0.2) is 61.8 Å². The van der Waals surface area contributed by atoms with Crippen LogP contribution in [0.4, 0.5) is 0 Å². The van der Waals surface area contributed by atoms with E-state index in [4.69, 9.17) is 9.47 Å². The van der Waals surface area contributed by atoms with Gasteiger partial charge in [0.2, 0.25) is 0 Å². The SMILES string of the molecule is CCOC(=O)c1cn[nH]c1S(=O)(=O)N(C)CCOC(C)C. The highest BCUT2D eigenvalue weighted by atomic mass is 32.2. The molecule has 1 N–H and O–H groups in total. The van der Waals surface area contributed by atoms with Crippen molar-refractivity contribution in [1.82, 2.24) is 14.5 Å². The zero-order chi connectivity index (χ0) is 16.0. The Morgan fingerprint density at radius 2 is 2.14 bits per heavy atom. The Morgan fingerprint density at radius 1 is 1.48 bits per heavy atom. The monoisotopic (exact) mass is 319 g/mol. The standard InChI is InChI=1S/C12H21N3O5S/c1-5-19-12(16)10-8-13-14-11(10)21(17,18)15(4)6-7-20-9(2)3/h8-9H,5-7H2,1-4H3,(H,13,14). The summed E-state index contributed by atoms with van der Waals surface area (Å²) in [4.78, 5) is 11.7. The van der Waals surface area contributed by atoms with Crippen molar-refractivity contribution in [3.8, 4) is 0 Å². The van der Waals surface area contributed by atoms with E-state index in [1.54, 1.807) is 6.92 Å². The normalized spacial score (nSPS) is 12.1. The average molecular weight is 319 g/mol. The van der Waals surface area contributed by atoms with E-state index in [9.17, 15) is 13.2 Å². The third-order valence-corrected chi connectivity index (χ3v) is 4.46. The predicted molar refractivity (Wildman–Crippen MR) is 75.4 cm³/mol. The van der Waals surface area contributed by atoms with Crippen LogP contribution in [-0.2, 0) is 19.5 Å². The second-order valence-electron chi connectivity index (χ2n) is 4.58. The maximum Gasteiger partial charge on any atom is 0.342 e. The Kier molecular flexibility index (Phi) is 6.31. The molecule has 21 heavy (non-hydrogen) atoms. The number of sulfonamides is 1. The number of ether oxygens (including phenoxy) is 2. The van der Waals surface area contributed by atoms with Gasteiger partial charge in [-0.3, -0.25) is 5.10 Å². The summed E-state index contributed by atoms with van der Waals surface area (Å²) in [5, 5.41) is 5.69. The van der Waals surface area contributed by atoms with Gasteiger partial charge < -0.3 is 9.47 Å². The first kappa shape index (κ1) is 17.6. The highest BCUT2D eigenvalue weighted by molar-refractivity contribution is 7.89. The molecule has 1 rings (SSSR count). The van der Waals surface area contributed by atoms with Crippen molar-refractivity contribution in [1.29, 1.82) is 0 Å². The molecule has 0 aliphatic heterocycles. The van der Waals surface area contributed by atoms with Gasteiger partial charge in [0.25, 0.3) is 10.0 Å². The lowest BCUT2D eigenvalue weighted by atomic mass is 10.4. The molecule has 0 saturated heterocycles. The predicted octanol–water partition coefficient (Wildman–Crippen LogP) is 0.632. The fourth-order valence-electron chi connectivity index (χ4n) is 1.52. The topological polar surface area (TPSA) is 102 Å². The lowest BCUT2D eigenvalue weighted by molar-refractivity contribution is 0.0521. The molecule has 1 aromatic heterocycles. The first-order chi connectivity index (χ1) is 9.80. The molecule has 0 radical (unpaired) electrons. The van der Waals surface area contributed by atoms with E-state index in [2.05, 4.69) is 10.2 Å². The van der Waals surface area contributed by atoms with E-state index in [1.807, 2.05) is 13.8 Å². The molecule has 8 nitrogen and oxygen atoms in total. The molecule has 120 valence electrons. The Balaban J connectivity index is 2.88. The smallest absolute Gasteiger partial charge is 0.342 e. The van der Waals surface area contributed by atoms with Crippen molar-refractivity contribution < 1.29 is 22.7 Å². The van der Waals surface area contributed by atoms with Crippen molar-refractivity contribution in [3.63, 3.8) is 0 Å². The van der Waals surface area contributed by atoms with Crippen molar-refractivity contribution in [3.05, 3.63) is 11.8 Å². The van der Waals surface area contributed by atoms with Gasteiger partial charge in [-0.25, -0.2) is 13.2 Å². The van der Waals surface area contributed by atoms with Gasteiger partial charge in [0, 0.05) is 13.6 Å². The van der Waals surface area contributed by atoms with Crippen molar-refractivity contribution in [2.45, 2.75) is 31.9 Å². The maximum atomic E-state index is 12.4. The zero-order valence-corrected chi connectivity index (χ0v) is 13.4. The number of esters is 1. The number of aromatic nitrogens is 2. The van der Waals surface area contributed by atoms with Gasteiger partial charge in [-0.05, 0) is 20.8 Å². The minimum absolute atomic E-state index is 0.0170. The van der Waals surface area contributed by atoms with Crippen LogP contribution >= 0.6 is 0 Å². The highest BCUT2D eigenvalue weighted by Crippen LogP contribution is 2.17. The van der Waals surface area contributed by atoms with Gasteiger partial charge in [-0.1, -0.05) is 0 Å². The van der Waals surface area contributed by atoms with Gasteiger partial charge in [-0.15, -0.1) is 0 Å². The second-order valence-corrected chi connectivity index (χ2v) is 6.56. The summed E-state index contributed by atoms with van der Waals surface area (Å²) in [6.45, 7) is 5.95. The minimum atomic E-state index is -3.85. The van der Waals surface area contributed by atoms with Gasteiger partial charge in [0.05, 0.1) is 25.5 Å². The molecule has 0 atom stereocenters. The minimum Gasteiger partial charge on any atom is -0.462 e. The number of carbonyl (C=O) groups excluding carboxylic acids is 1. The van der Waals surface area contributed by atoms with Crippen molar-refractivity contribution in [2.75, 3.05) is 26.8 Å². The summed E-state index contributed by atoms with van der Waals surface area (Å²) < 4.78 is 36.0.